The van der Waals surface area contributed by atoms with Gasteiger partial charge in [0.05, 0.1) is 11.1 Å². The van der Waals surface area contributed by atoms with Gasteiger partial charge >= 0.3 is 0 Å². The molecule has 1 spiro atoms. The first-order valence-corrected chi connectivity index (χ1v) is 6.94. The highest BCUT2D eigenvalue weighted by Gasteiger charge is 2.53. The summed E-state index contributed by atoms with van der Waals surface area (Å²) in [6, 6.07) is 4.39. The van der Waals surface area contributed by atoms with E-state index in [0.29, 0.717) is 5.69 Å². The summed E-state index contributed by atoms with van der Waals surface area (Å²) in [5.74, 6) is -0.893. The van der Waals surface area contributed by atoms with Gasteiger partial charge in [-0.2, -0.15) is 0 Å². The lowest BCUT2D eigenvalue weighted by atomic mass is 9.84. The molecule has 0 radical (unpaired) electrons. The molecule has 0 atom stereocenters. The minimum absolute atomic E-state index is 0.0356. The highest BCUT2D eigenvalue weighted by molar-refractivity contribution is 6.23. The van der Waals surface area contributed by atoms with Crippen molar-refractivity contribution in [1.29, 1.82) is 0 Å². The van der Waals surface area contributed by atoms with E-state index in [1.165, 1.54) is 12.1 Å². The Bertz CT molecular complexity index is 579. The van der Waals surface area contributed by atoms with Crippen molar-refractivity contribution in [3.63, 3.8) is 0 Å². The maximum absolute atomic E-state index is 13.8. The molecule has 0 aromatic heterocycles. The number of anilines is 1. The number of carbonyl (C=O) groups excluding carboxylic acids is 2. The quantitative estimate of drug-likeness (QED) is 0.841. The van der Waals surface area contributed by atoms with Crippen molar-refractivity contribution in [3.05, 3.63) is 29.6 Å². The summed E-state index contributed by atoms with van der Waals surface area (Å²) in [4.78, 5) is 26.1. The molecule has 20 heavy (non-hydrogen) atoms. The molecule has 4 nitrogen and oxygen atoms in total. The SMILES string of the molecule is NCc1c(F)cccc1N1C(=O)CC2(CCCC2)C1=O. The van der Waals surface area contributed by atoms with Crippen LogP contribution in [-0.2, 0) is 16.1 Å². The Morgan fingerprint density at radius 2 is 1.95 bits per heavy atom. The predicted octanol–water partition coefficient (Wildman–Crippen LogP) is 2.11. The van der Waals surface area contributed by atoms with Gasteiger partial charge in [-0.05, 0) is 25.0 Å². The van der Waals surface area contributed by atoms with E-state index in [1.807, 2.05) is 0 Å². The van der Waals surface area contributed by atoms with Crippen LogP contribution in [0.1, 0.15) is 37.7 Å². The molecule has 1 aromatic carbocycles. The second kappa shape index (κ2) is 4.66. The third-order valence-electron chi connectivity index (χ3n) is 4.50. The van der Waals surface area contributed by atoms with Crippen molar-refractivity contribution in [2.24, 2.45) is 11.1 Å². The summed E-state index contributed by atoms with van der Waals surface area (Å²) in [5.41, 5.74) is 5.56. The first-order chi connectivity index (χ1) is 9.59. The van der Waals surface area contributed by atoms with E-state index in [9.17, 15) is 14.0 Å². The summed E-state index contributed by atoms with van der Waals surface area (Å²) in [6.07, 6.45) is 3.69. The van der Waals surface area contributed by atoms with Crippen molar-refractivity contribution in [2.45, 2.75) is 38.6 Å². The standard InChI is InChI=1S/C15H17FN2O2/c16-11-4-3-5-12(10(11)9-17)18-13(19)8-15(14(18)20)6-1-2-7-15/h3-5H,1-2,6-9,17H2. The van der Waals surface area contributed by atoms with Gasteiger partial charge in [0, 0.05) is 18.5 Å². The molecular weight excluding hydrogens is 259 g/mol. The van der Waals surface area contributed by atoms with Gasteiger partial charge in [0.1, 0.15) is 5.82 Å². The minimum Gasteiger partial charge on any atom is -0.326 e. The van der Waals surface area contributed by atoms with E-state index in [1.54, 1.807) is 6.07 Å². The fourth-order valence-electron chi connectivity index (χ4n) is 3.44. The summed E-state index contributed by atoms with van der Waals surface area (Å²) >= 11 is 0. The van der Waals surface area contributed by atoms with Crippen molar-refractivity contribution in [2.75, 3.05) is 4.90 Å². The van der Waals surface area contributed by atoms with E-state index in [2.05, 4.69) is 0 Å². The van der Waals surface area contributed by atoms with Gasteiger partial charge in [-0.3, -0.25) is 9.59 Å². The molecule has 3 rings (SSSR count). The van der Waals surface area contributed by atoms with Crippen LogP contribution in [0.3, 0.4) is 0 Å². The molecule has 1 aromatic rings. The third kappa shape index (κ3) is 1.77. The zero-order valence-electron chi connectivity index (χ0n) is 11.2. The number of halogens is 1. The molecule has 2 amide bonds. The number of carbonyl (C=O) groups is 2. The zero-order chi connectivity index (χ0) is 14.3. The fraction of sp³-hybridized carbons (Fsp3) is 0.467. The van der Waals surface area contributed by atoms with Crippen LogP contribution in [0.2, 0.25) is 0 Å². The Labute approximate surface area is 116 Å². The number of nitrogens with zero attached hydrogens (tertiary/aromatic N) is 1. The van der Waals surface area contributed by atoms with Gasteiger partial charge in [0.15, 0.2) is 0 Å². The van der Waals surface area contributed by atoms with Gasteiger partial charge in [-0.1, -0.05) is 18.9 Å². The highest BCUT2D eigenvalue weighted by atomic mass is 19.1. The van der Waals surface area contributed by atoms with Crippen LogP contribution in [0.15, 0.2) is 18.2 Å². The van der Waals surface area contributed by atoms with Crippen LogP contribution >= 0.6 is 0 Å². The fourth-order valence-corrected chi connectivity index (χ4v) is 3.44. The van der Waals surface area contributed by atoms with Crippen molar-refractivity contribution < 1.29 is 14.0 Å². The first-order valence-electron chi connectivity index (χ1n) is 6.94. The molecular formula is C15H17FN2O2. The summed E-state index contributed by atoms with van der Waals surface area (Å²) in [7, 11) is 0. The Morgan fingerprint density at radius 3 is 2.60 bits per heavy atom. The van der Waals surface area contributed by atoms with Gasteiger partial charge in [0.25, 0.3) is 0 Å². The summed E-state index contributed by atoms with van der Waals surface area (Å²) < 4.78 is 13.8. The van der Waals surface area contributed by atoms with Crippen LogP contribution < -0.4 is 10.6 Å². The first kappa shape index (κ1) is 13.2. The third-order valence-corrected chi connectivity index (χ3v) is 4.50. The largest absolute Gasteiger partial charge is 0.326 e. The second-order valence-electron chi connectivity index (χ2n) is 5.64. The summed E-state index contributed by atoms with van der Waals surface area (Å²) in [6.45, 7) is -0.0356. The van der Waals surface area contributed by atoms with Crippen molar-refractivity contribution >= 4 is 17.5 Å². The molecule has 0 unspecified atom stereocenters. The lowest BCUT2D eigenvalue weighted by Crippen LogP contribution is -2.35. The maximum atomic E-state index is 13.8. The van der Waals surface area contributed by atoms with Crippen molar-refractivity contribution in [3.8, 4) is 0 Å². The Kier molecular flexibility index (Phi) is 3.09. The van der Waals surface area contributed by atoms with Gasteiger partial charge in [-0.25, -0.2) is 9.29 Å². The van der Waals surface area contributed by atoms with Crippen LogP contribution in [0, 0.1) is 11.2 Å². The summed E-state index contributed by atoms with van der Waals surface area (Å²) in [5, 5.41) is 0. The predicted molar refractivity (Wildman–Crippen MR) is 72.3 cm³/mol. The van der Waals surface area contributed by atoms with Crippen LogP contribution in [0.5, 0.6) is 0 Å². The van der Waals surface area contributed by atoms with E-state index < -0.39 is 11.2 Å². The number of rotatable bonds is 2. The van der Waals surface area contributed by atoms with Crippen LogP contribution in [0.25, 0.3) is 0 Å². The average Bonchev–Trinajstić information content (AvgIpc) is 2.97. The number of hydrogen-bond acceptors (Lipinski definition) is 3. The van der Waals surface area contributed by atoms with E-state index in [4.69, 9.17) is 5.73 Å². The number of nitrogens with two attached hydrogens (primary N) is 1. The monoisotopic (exact) mass is 276 g/mol. The molecule has 2 aliphatic rings. The lowest BCUT2D eigenvalue weighted by molar-refractivity contribution is -0.125. The Hall–Kier alpha value is -1.75. The normalized spacial score (nSPS) is 21.2. The molecule has 1 heterocycles. The molecule has 2 N–H and O–H groups in total. The zero-order valence-corrected chi connectivity index (χ0v) is 11.2. The Balaban J connectivity index is 2.05. The Morgan fingerprint density at radius 1 is 1.25 bits per heavy atom. The average molecular weight is 276 g/mol. The smallest absolute Gasteiger partial charge is 0.240 e. The number of imide groups is 1. The van der Waals surface area contributed by atoms with Gasteiger partial charge in [0.2, 0.25) is 11.8 Å². The number of benzene rings is 1. The van der Waals surface area contributed by atoms with E-state index in [0.717, 1.165) is 30.6 Å². The number of hydrogen-bond donors (Lipinski definition) is 1. The maximum Gasteiger partial charge on any atom is 0.240 e. The van der Waals surface area contributed by atoms with Gasteiger partial charge < -0.3 is 5.73 Å². The van der Waals surface area contributed by atoms with Crippen molar-refractivity contribution in [1.82, 2.24) is 0 Å². The second-order valence-corrected chi connectivity index (χ2v) is 5.64. The van der Waals surface area contributed by atoms with Crippen LogP contribution in [0.4, 0.5) is 10.1 Å². The van der Waals surface area contributed by atoms with E-state index >= 15 is 0 Å². The lowest BCUT2D eigenvalue weighted by Gasteiger charge is -2.22. The highest BCUT2D eigenvalue weighted by Crippen LogP contribution is 2.48. The molecule has 1 saturated carbocycles. The van der Waals surface area contributed by atoms with Gasteiger partial charge in [-0.15, -0.1) is 0 Å². The topological polar surface area (TPSA) is 63.4 Å². The molecule has 1 aliphatic carbocycles. The van der Waals surface area contributed by atoms with E-state index in [-0.39, 0.29) is 30.3 Å². The van der Waals surface area contributed by atoms with Crippen LogP contribution in [-0.4, -0.2) is 11.8 Å². The molecule has 1 saturated heterocycles. The molecule has 5 heteroatoms. The minimum atomic E-state index is -0.546. The molecule has 106 valence electrons. The number of amides is 2. The molecule has 1 aliphatic heterocycles. The molecule has 2 fully saturated rings. The molecule has 0 bridgehead atoms.